The van der Waals surface area contributed by atoms with Crippen LogP contribution in [-0.4, -0.2) is 30.1 Å². The van der Waals surface area contributed by atoms with E-state index in [0.29, 0.717) is 11.3 Å². The molecule has 0 N–H and O–H groups in total. The molecule has 0 saturated heterocycles. The first-order chi connectivity index (χ1) is 13.6. The van der Waals surface area contributed by atoms with Gasteiger partial charge >= 0.3 is 0 Å². The summed E-state index contributed by atoms with van der Waals surface area (Å²) in [7, 11) is -2.22. The molecule has 0 fully saturated rings. The van der Waals surface area contributed by atoms with Gasteiger partial charge in [-0.25, -0.2) is 8.42 Å². The van der Waals surface area contributed by atoms with E-state index in [2.05, 4.69) is 10.2 Å². The molecule has 0 saturated carbocycles. The van der Waals surface area contributed by atoms with Crippen LogP contribution in [0.25, 0.3) is 5.65 Å². The highest BCUT2D eigenvalue weighted by Gasteiger charge is 2.26. The molecule has 0 radical (unpaired) electrons. The number of ether oxygens (including phenoxy) is 1. The number of nitrogens with zero attached hydrogens (tertiary/aromatic N) is 4. The molecule has 2 aromatic carbocycles. The first kappa shape index (κ1) is 18.0. The van der Waals surface area contributed by atoms with Crippen molar-refractivity contribution < 1.29 is 13.2 Å². The zero-order valence-corrected chi connectivity index (χ0v) is 16.0. The van der Waals surface area contributed by atoms with Crippen molar-refractivity contribution in [2.75, 3.05) is 11.4 Å². The molecule has 28 heavy (non-hydrogen) atoms. The first-order valence-corrected chi connectivity index (χ1v) is 10.0. The minimum atomic E-state index is -3.81. The molecule has 0 atom stereocenters. The Morgan fingerprint density at radius 2 is 1.75 bits per heavy atom. The number of methoxy groups -OCH3 is 1. The Morgan fingerprint density at radius 3 is 2.46 bits per heavy atom. The number of anilines is 1. The Balaban J connectivity index is 1.77. The van der Waals surface area contributed by atoms with Gasteiger partial charge in [0, 0.05) is 6.20 Å². The number of aromatic nitrogens is 3. The quantitative estimate of drug-likeness (QED) is 0.502. The summed E-state index contributed by atoms with van der Waals surface area (Å²) in [6.07, 6.45) is 3.00. The molecule has 0 bridgehead atoms. The summed E-state index contributed by atoms with van der Waals surface area (Å²) in [6, 6.07) is 19.5. The number of fused-ring (bicyclic) bond motifs is 1. The lowest BCUT2D eigenvalue weighted by Gasteiger charge is -2.25. The van der Waals surface area contributed by atoms with Gasteiger partial charge in [-0.2, -0.15) is 0 Å². The SMILES string of the molecule is COc1ccc(CN(c2ccccc2)S(=O)(=O)c2ccc3nncn3c2)cc1. The van der Waals surface area contributed by atoms with Gasteiger partial charge in [-0.15, -0.1) is 10.2 Å². The van der Waals surface area contributed by atoms with Crippen LogP contribution in [0.2, 0.25) is 0 Å². The second kappa shape index (κ2) is 7.32. The Morgan fingerprint density at radius 1 is 1.00 bits per heavy atom. The summed E-state index contributed by atoms with van der Waals surface area (Å²) in [5.74, 6) is 0.718. The zero-order valence-electron chi connectivity index (χ0n) is 15.1. The second-order valence-electron chi connectivity index (χ2n) is 6.16. The van der Waals surface area contributed by atoms with Crippen molar-refractivity contribution in [3.63, 3.8) is 0 Å². The van der Waals surface area contributed by atoms with Gasteiger partial charge in [0.1, 0.15) is 17.0 Å². The number of hydrogen-bond donors (Lipinski definition) is 0. The molecule has 2 aromatic heterocycles. The van der Waals surface area contributed by atoms with Crippen LogP contribution in [0, 0.1) is 0 Å². The van der Waals surface area contributed by atoms with E-state index < -0.39 is 10.0 Å². The largest absolute Gasteiger partial charge is 0.497 e. The minimum absolute atomic E-state index is 0.164. The summed E-state index contributed by atoms with van der Waals surface area (Å²) in [6.45, 7) is 0.191. The molecule has 4 rings (SSSR count). The highest BCUT2D eigenvalue weighted by atomic mass is 32.2. The molecule has 8 heteroatoms. The lowest BCUT2D eigenvalue weighted by Crippen LogP contribution is -2.30. The Labute approximate surface area is 162 Å². The molecule has 0 aliphatic carbocycles. The van der Waals surface area contributed by atoms with Gasteiger partial charge in [0.15, 0.2) is 5.65 Å². The lowest BCUT2D eigenvalue weighted by molar-refractivity contribution is 0.414. The fourth-order valence-corrected chi connectivity index (χ4v) is 4.35. The van der Waals surface area contributed by atoms with E-state index in [1.54, 1.807) is 35.8 Å². The number of pyridine rings is 1. The van der Waals surface area contributed by atoms with E-state index in [1.807, 2.05) is 42.5 Å². The van der Waals surface area contributed by atoms with Crippen molar-refractivity contribution in [1.82, 2.24) is 14.6 Å². The number of rotatable bonds is 6. The van der Waals surface area contributed by atoms with Crippen LogP contribution in [0.4, 0.5) is 5.69 Å². The van der Waals surface area contributed by atoms with Gasteiger partial charge in [0.25, 0.3) is 10.0 Å². The van der Waals surface area contributed by atoms with E-state index in [9.17, 15) is 8.42 Å². The Hall–Kier alpha value is -3.39. The Bertz CT molecular complexity index is 1190. The third-order valence-corrected chi connectivity index (χ3v) is 6.14. The van der Waals surface area contributed by atoms with E-state index in [1.165, 1.54) is 16.8 Å². The third-order valence-electron chi connectivity index (χ3n) is 4.38. The number of sulfonamides is 1. The average molecular weight is 394 g/mol. The lowest BCUT2D eigenvalue weighted by atomic mass is 10.2. The molecule has 0 spiro atoms. The molecule has 4 aromatic rings. The molecule has 0 aliphatic heterocycles. The molecule has 0 amide bonds. The maximum Gasteiger partial charge on any atom is 0.266 e. The monoisotopic (exact) mass is 394 g/mol. The van der Waals surface area contributed by atoms with E-state index >= 15 is 0 Å². The highest BCUT2D eigenvalue weighted by molar-refractivity contribution is 7.92. The molecule has 0 aliphatic rings. The number of para-hydroxylation sites is 1. The zero-order chi connectivity index (χ0) is 19.6. The van der Waals surface area contributed by atoms with Crippen LogP contribution in [0.5, 0.6) is 5.75 Å². The van der Waals surface area contributed by atoms with Crippen LogP contribution in [0.3, 0.4) is 0 Å². The predicted octanol–water partition coefficient (Wildman–Crippen LogP) is 3.13. The van der Waals surface area contributed by atoms with Crippen LogP contribution < -0.4 is 9.04 Å². The minimum Gasteiger partial charge on any atom is -0.497 e. The first-order valence-electron chi connectivity index (χ1n) is 8.58. The van der Waals surface area contributed by atoms with Crippen LogP contribution >= 0.6 is 0 Å². The summed E-state index contributed by atoms with van der Waals surface area (Å²) in [5, 5.41) is 7.73. The molecule has 2 heterocycles. The van der Waals surface area contributed by atoms with E-state index in [4.69, 9.17) is 4.74 Å². The summed E-state index contributed by atoms with van der Waals surface area (Å²) >= 11 is 0. The van der Waals surface area contributed by atoms with E-state index in [-0.39, 0.29) is 11.4 Å². The molecular formula is C20H18N4O3S. The fourth-order valence-electron chi connectivity index (χ4n) is 2.89. The normalized spacial score (nSPS) is 11.5. The highest BCUT2D eigenvalue weighted by Crippen LogP contribution is 2.26. The smallest absolute Gasteiger partial charge is 0.266 e. The van der Waals surface area contributed by atoms with Crippen LogP contribution in [0.15, 0.2) is 84.1 Å². The van der Waals surface area contributed by atoms with Crippen LogP contribution in [-0.2, 0) is 16.6 Å². The fraction of sp³-hybridized carbons (Fsp3) is 0.100. The van der Waals surface area contributed by atoms with E-state index in [0.717, 1.165) is 11.3 Å². The second-order valence-corrected chi connectivity index (χ2v) is 8.02. The van der Waals surface area contributed by atoms with Crippen molar-refractivity contribution in [2.24, 2.45) is 0 Å². The van der Waals surface area contributed by atoms with Gasteiger partial charge < -0.3 is 4.74 Å². The Kier molecular flexibility index (Phi) is 4.70. The molecule has 0 unspecified atom stereocenters. The standard InChI is InChI=1S/C20H18N4O3S/c1-27-18-9-7-16(8-10-18)13-24(17-5-3-2-4-6-17)28(25,26)19-11-12-20-22-21-15-23(20)14-19/h2-12,14-15H,13H2,1H3. The predicted molar refractivity (Wildman–Crippen MR) is 106 cm³/mol. The number of benzene rings is 2. The maximum atomic E-state index is 13.5. The molecular weight excluding hydrogens is 376 g/mol. The van der Waals surface area contributed by atoms with Gasteiger partial charge in [-0.1, -0.05) is 30.3 Å². The molecule has 7 nitrogen and oxygen atoms in total. The van der Waals surface area contributed by atoms with Crippen molar-refractivity contribution in [3.05, 3.63) is 84.8 Å². The van der Waals surface area contributed by atoms with Crippen molar-refractivity contribution in [2.45, 2.75) is 11.4 Å². The van der Waals surface area contributed by atoms with Gasteiger partial charge in [-0.3, -0.25) is 8.71 Å². The van der Waals surface area contributed by atoms with Crippen molar-refractivity contribution in [3.8, 4) is 5.75 Å². The number of hydrogen-bond acceptors (Lipinski definition) is 5. The molecule has 142 valence electrons. The average Bonchev–Trinajstić information content (AvgIpc) is 3.21. The van der Waals surface area contributed by atoms with Gasteiger partial charge in [0.05, 0.1) is 19.3 Å². The van der Waals surface area contributed by atoms with Crippen molar-refractivity contribution in [1.29, 1.82) is 0 Å². The van der Waals surface area contributed by atoms with Crippen molar-refractivity contribution >= 4 is 21.4 Å². The summed E-state index contributed by atoms with van der Waals surface area (Å²) in [5.41, 5.74) is 2.01. The summed E-state index contributed by atoms with van der Waals surface area (Å²) < 4.78 is 35.1. The third kappa shape index (κ3) is 3.41. The maximum absolute atomic E-state index is 13.5. The van der Waals surface area contributed by atoms with Gasteiger partial charge in [0.2, 0.25) is 0 Å². The topological polar surface area (TPSA) is 76.8 Å². The summed E-state index contributed by atoms with van der Waals surface area (Å²) in [4.78, 5) is 0.164. The van der Waals surface area contributed by atoms with Gasteiger partial charge in [-0.05, 0) is 42.0 Å². The van der Waals surface area contributed by atoms with Crippen LogP contribution in [0.1, 0.15) is 5.56 Å².